The van der Waals surface area contributed by atoms with Crippen LogP contribution in [0.4, 0.5) is 5.69 Å². The number of hydrogen-bond acceptors (Lipinski definition) is 3. The van der Waals surface area contributed by atoms with Gasteiger partial charge in [0.25, 0.3) is 15.9 Å². The van der Waals surface area contributed by atoms with Crippen molar-refractivity contribution in [3.63, 3.8) is 0 Å². The maximum absolute atomic E-state index is 13.0. The molecule has 1 N–H and O–H groups in total. The third-order valence-electron chi connectivity index (χ3n) is 5.37. The minimum atomic E-state index is -3.77. The smallest absolute Gasteiger partial charge is 0.264 e. The van der Waals surface area contributed by atoms with Crippen LogP contribution in [0, 0.1) is 5.92 Å². The van der Waals surface area contributed by atoms with E-state index in [4.69, 9.17) is 0 Å². The number of benzene rings is 3. The lowest BCUT2D eigenvalue weighted by atomic mass is 9.97. The van der Waals surface area contributed by atoms with Gasteiger partial charge in [-0.3, -0.25) is 9.10 Å². The van der Waals surface area contributed by atoms with Crippen molar-refractivity contribution < 1.29 is 13.2 Å². The van der Waals surface area contributed by atoms with Crippen LogP contribution in [0.3, 0.4) is 0 Å². The Kier molecular flexibility index (Phi) is 7.47. The van der Waals surface area contributed by atoms with Gasteiger partial charge in [-0.15, -0.1) is 0 Å². The lowest BCUT2D eigenvalue weighted by Gasteiger charge is -2.20. The van der Waals surface area contributed by atoms with Crippen LogP contribution >= 0.6 is 0 Å². The van der Waals surface area contributed by atoms with E-state index in [1.54, 1.807) is 36.4 Å². The summed E-state index contributed by atoms with van der Waals surface area (Å²) in [6, 6.07) is 25.2. The molecule has 3 aromatic carbocycles. The molecule has 0 bridgehead atoms. The average molecular weight is 437 g/mol. The Morgan fingerprint density at radius 1 is 0.935 bits per heavy atom. The Labute approximate surface area is 184 Å². The van der Waals surface area contributed by atoms with Crippen LogP contribution in [0.1, 0.15) is 29.3 Å². The van der Waals surface area contributed by atoms with Gasteiger partial charge in [-0.1, -0.05) is 67.9 Å². The van der Waals surface area contributed by atoms with E-state index in [9.17, 15) is 13.2 Å². The molecule has 162 valence electrons. The van der Waals surface area contributed by atoms with Crippen molar-refractivity contribution in [2.24, 2.45) is 5.92 Å². The van der Waals surface area contributed by atoms with Gasteiger partial charge in [0.2, 0.25) is 0 Å². The molecule has 0 unspecified atom stereocenters. The fraction of sp³-hybridized carbons (Fsp3) is 0.240. The van der Waals surface area contributed by atoms with E-state index in [-0.39, 0.29) is 10.8 Å². The van der Waals surface area contributed by atoms with Crippen molar-refractivity contribution in [2.45, 2.75) is 24.7 Å². The van der Waals surface area contributed by atoms with Crippen molar-refractivity contribution in [1.29, 1.82) is 0 Å². The predicted octanol–water partition coefficient (Wildman–Crippen LogP) is 4.51. The first-order valence-electron chi connectivity index (χ1n) is 10.4. The molecule has 0 aliphatic heterocycles. The van der Waals surface area contributed by atoms with Crippen LogP contribution in [0.2, 0.25) is 0 Å². The Balaban J connectivity index is 1.69. The Morgan fingerprint density at radius 3 is 2.23 bits per heavy atom. The lowest BCUT2D eigenvalue weighted by Crippen LogP contribution is -2.30. The number of nitrogens with one attached hydrogen (secondary N) is 1. The quantitative estimate of drug-likeness (QED) is 0.537. The molecule has 3 aromatic rings. The van der Waals surface area contributed by atoms with Gasteiger partial charge in [0.05, 0.1) is 10.6 Å². The molecule has 0 radical (unpaired) electrons. The van der Waals surface area contributed by atoms with E-state index in [0.29, 0.717) is 23.7 Å². The molecule has 0 aliphatic rings. The third-order valence-corrected chi connectivity index (χ3v) is 7.15. The summed E-state index contributed by atoms with van der Waals surface area (Å²) < 4.78 is 27.3. The average Bonchev–Trinajstić information content (AvgIpc) is 2.82. The number of hydrogen-bond donors (Lipinski definition) is 1. The van der Waals surface area contributed by atoms with Gasteiger partial charge in [0, 0.05) is 19.2 Å². The van der Waals surface area contributed by atoms with E-state index in [1.807, 2.05) is 24.3 Å². The molecule has 0 aromatic heterocycles. The summed E-state index contributed by atoms with van der Waals surface area (Å²) in [5.41, 5.74) is 2.13. The first kappa shape index (κ1) is 22.6. The van der Waals surface area contributed by atoms with Crippen molar-refractivity contribution in [3.05, 3.63) is 96.1 Å². The van der Waals surface area contributed by atoms with Gasteiger partial charge in [0.15, 0.2) is 0 Å². The second-order valence-corrected chi connectivity index (χ2v) is 9.48. The van der Waals surface area contributed by atoms with Crippen LogP contribution in [0.15, 0.2) is 89.8 Å². The molecule has 0 spiro atoms. The molecule has 0 heterocycles. The molecule has 5 nitrogen and oxygen atoms in total. The Morgan fingerprint density at radius 2 is 1.58 bits per heavy atom. The number of carbonyl (C=O) groups is 1. The minimum Gasteiger partial charge on any atom is -0.352 e. The van der Waals surface area contributed by atoms with Gasteiger partial charge in [-0.05, 0) is 48.2 Å². The highest BCUT2D eigenvalue weighted by molar-refractivity contribution is 7.92. The second-order valence-electron chi connectivity index (χ2n) is 7.51. The zero-order valence-corrected chi connectivity index (χ0v) is 18.7. The molecule has 0 aliphatic carbocycles. The third kappa shape index (κ3) is 5.73. The molecule has 0 fully saturated rings. The van der Waals surface area contributed by atoms with Crippen LogP contribution < -0.4 is 9.62 Å². The highest BCUT2D eigenvalue weighted by Gasteiger charge is 2.22. The zero-order valence-electron chi connectivity index (χ0n) is 17.9. The lowest BCUT2D eigenvalue weighted by molar-refractivity contribution is 0.0946. The SMILES string of the molecule is CC[C@H](CNC(=O)c1cccc(S(=O)(=O)N(C)c2ccccc2)c1)Cc1ccccc1. The van der Waals surface area contributed by atoms with Crippen molar-refractivity contribution in [3.8, 4) is 0 Å². The van der Waals surface area contributed by atoms with E-state index in [0.717, 1.165) is 12.8 Å². The number of para-hydroxylation sites is 1. The van der Waals surface area contributed by atoms with Crippen molar-refractivity contribution in [1.82, 2.24) is 5.32 Å². The van der Waals surface area contributed by atoms with E-state index in [1.165, 1.54) is 29.0 Å². The molecule has 1 amide bonds. The van der Waals surface area contributed by atoms with E-state index in [2.05, 4.69) is 24.4 Å². The van der Waals surface area contributed by atoms with Crippen LogP contribution in [-0.2, 0) is 16.4 Å². The summed E-state index contributed by atoms with van der Waals surface area (Å²) in [5, 5.41) is 2.96. The summed E-state index contributed by atoms with van der Waals surface area (Å²) in [5.74, 6) is 0.0356. The maximum atomic E-state index is 13.0. The molecular formula is C25H28N2O3S. The summed E-state index contributed by atoms with van der Waals surface area (Å²) in [4.78, 5) is 12.8. The normalized spacial score (nSPS) is 12.2. The van der Waals surface area contributed by atoms with E-state index >= 15 is 0 Å². The van der Waals surface area contributed by atoms with Gasteiger partial charge in [0.1, 0.15) is 0 Å². The predicted molar refractivity (Wildman–Crippen MR) is 125 cm³/mol. The number of amides is 1. The van der Waals surface area contributed by atoms with Crippen LogP contribution in [-0.4, -0.2) is 27.9 Å². The monoisotopic (exact) mass is 436 g/mol. The number of rotatable bonds is 9. The second kappa shape index (κ2) is 10.3. The topological polar surface area (TPSA) is 66.5 Å². The van der Waals surface area contributed by atoms with Gasteiger partial charge in [-0.25, -0.2) is 8.42 Å². The molecular weight excluding hydrogens is 408 g/mol. The van der Waals surface area contributed by atoms with Crippen LogP contribution in [0.5, 0.6) is 0 Å². The summed E-state index contributed by atoms with van der Waals surface area (Å²) in [6.07, 6.45) is 1.82. The first-order valence-corrected chi connectivity index (χ1v) is 11.8. The first-order chi connectivity index (χ1) is 14.9. The molecule has 0 saturated heterocycles. The van der Waals surface area contributed by atoms with Gasteiger partial charge < -0.3 is 5.32 Å². The molecule has 0 saturated carbocycles. The van der Waals surface area contributed by atoms with Gasteiger partial charge in [-0.2, -0.15) is 0 Å². The Hall–Kier alpha value is -3.12. The van der Waals surface area contributed by atoms with Gasteiger partial charge >= 0.3 is 0 Å². The molecule has 1 atom stereocenters. The standard InChI is InChI=1S/C25H28N2O3S/c1-3-20(17-21-11-6-4-7-12-21)19-26-25(28)22-13-10-16-24(18-22)31(29,30)27(2)23-14-8-5-9-15-23/h4-16,18,20H,3,17,19H2,1-2H3,(H,26,28)/t20-/m0/s1. The zero-order chi connectivity index (χ0) is 22.3. The van der Waals surface area contributed by atoms with Crippen molar-refractivity contribution >= 4 is 21.6 Å². The molecule has 31 heavy (non-hydrogen) atoms. The number of carbonyl (C=O) groups excluding carboxylic acids is 1. The largest absolute Gasteiger partial charge is 0.352 e. The van der Waals surface area contributed by atoms with Crippen LogP contribution in [0.25, 0.3) is 0 Å². The van der Waals surface area contributed by atoms with E-state index < -0.39 is 10.0 Å². The number of sulfonamides is 1. The molecule has 3 rings (SSSR count). The molecule has 6 heteroatoms. The van der Waals surface area contributed by atoms with Crippen molar-refractivity contribution in [2.75, 3.05) is 17.9 Å². The highest BCUT2D eigenvalue weighted by Crippen LogP contribution is 2.22. The Bertz CT molecular complexity index is 1100. The summed E-state index contributed by atoms with van der Waals surface area (Å²) >= 11 is 0. The maximum Gasteiger partial charge on any atom is 0.264 e. The fourth-order valence-corrected chi connectivity index (χ4v) is 4.62. The fourth-order valence-electron chi connectivity index (χ4n) is 3.38. The summed E-state index contributed by atoms with van der Waals surface area (Å²) in [7, 11) is -2.26. The minimum absolute atomic E-state index is 0.0860. The summed E-state index contributed by atoms with van der Waals surface area (Å²) in [6.45, 7) is 2.64. The highest BCUT2D eigenvalue weighted by atomic mass is 32.2. The number of anilines is 1. The number of nitrogens with zero attached hydrogens (tertiary/aromatic N) is 1.